The lowest BCUT2D eigenvalue weighted by molar-refractivity contribution is 1.01. The number of hydrogen-bond acceptors (Lipinski definition) is 0. The van der Waals surface area contributed by atoms with E-state index in [0.29, 0.717) is 0 Å². The molecule has 2 heteroatoms. The molecule has 106 valence electrons. The molecule has 0 spiro atoms. The van der Waals surface area contributed by atoms with E-state index in [9.17, 15) is 0 Å². The van der Waals surface area contributed by atoms with Crippen molar-refractivity contribution in [2.75, 3.05) is 0 Å². The fraction of sp³-hybridized carbons (Fsp3) is 0.333. The Bertz CT molecular complexity index is 604. The van der Waals surface area contributed by atoms with E-state index in [4.69, 9.17) is 11.6 Å². The predicted octanol–water partition coefficient (Wildman–Crippen LogP) is 6.21. The first kappa shape index (κ1) is 15.6. The zero-order valence-corrected chi connectivity index (χ0v) is 14.6. The lowest BCUT2D eigenvalue weighted by atomic mass is 9.95. The Balaban J connectivity index is 2.42. The number of rotatable bonds is 4. The van der Waals surface area contributed by atoms with Crippen LogP contribution in [0.5, 0.6) is 0 Å². The van der Waals surface area contributed by atoms with Gasteiger partial charge in [0.2, 0.25) is 0 Å². The molecule has 2 rings (SSSR count). The van der Waals surface area contributed by atoms with Gasteiger partial charge in [-0.05, 0) is 59.7 Å². The normalized spacial score (nSPS) is 12.4. The van der Waals surface area contributed by atoms with E-state index in [-0.39, 0.29) is 5.38 Å². The van der Waals surface area contributed by atoms with E-state index in [0.717, 1.165) is 17.3 Å². The molecular formula is C18H20BrCl. The average Bonchev–Trinajstić information content (AvgIpc) is 2.48. The molecule has 2 aromatic carbocycles. The highest BCUT2D eigenvalue weighted by atomic mass is 79.9. The second-order valence-corrected chi connectivity index (χ2v) is 6.45. The highest BCUT2D eigenvalue weighted by Crippen LogP contribution is 2.33. The Morgan fingerprint density at radius 3 is 2.35 bits per heavy atom. The van der Waals surface area contributed by atoms with Gasteiger partial charge in [0.1, 0.15) is 0 Å². The summed E-state index contributed by atoms with van der Waals surface area (Å²) >= 11 is 10.2. The summed E-state index contributed by atoms with van der Waals surface area (Å²) in [4.78, 5) is 0. The molecule has 0 heterocycles. The molecule has 0 nitrogen and oxygen atoms in total. The molecule has 0 fully saturated rings. The summed E-state index contributed by atoms with van der Waals surface area (Å²) < 4.78 is 1.07. The van der Waals surface area contributed by atoms with Crippen LogP contribution in [0.15, 0.2) is 40.9 Å². The minimum absolute atomic E-state index is 0.0938. The van der Waals surface area contributed by atoms with Gasteiger partial charge >= 0.3 is 0 Å². The number of hydrogen-bond donors (Lipinski definition) is 0. The Labute approximate surface area is 135 Å². The molecule has 1 atom stereocenters. The van der Waals surface area contributed by atoms with E-state index in [1.165, 1.54) is 27.8 Å². The molecule has 0 saturated heterocycles. The van der Waals surface area contributed by atoms with Crippen molar-refractivity contribution in [2.24, 2.45) is 0 Å². The van der Waals surface area contributed by atoms with Gasteiger partial charge in [-0.3, -0.25) is 0 Å². The first-order valence-electron chi connectivity index (χ1n) is 7.08. The minimum atomic E-state index is -0.0938. The van der Waals surface area contributed by atoms with Gasteiger partial charge in [0.15, 0.2) is 0 Å². The monoisotopic (exact) mass is 350 g/mol. The lowest BCUT2D eigenvalue weighted by Crippen LogP contribution is -1.99. The predicted molar refractivity (Wildman–Crippen MR) is 91.8 cm³/mol. The van der Waals surface area contributed by atoms with Crippen LogP contribution in [0.2, 0.25) is 0 Å². The van der Waals surface area contributed by atoms with Crippen molar-refractivity contribution in [2.45, 2.75) is 39.0 Å². The zero-order chi connectivity index (χ0) is 14.7. The van der Waals surface area contributed by atoms with Gasteiger partial charge in [-0.1, -0.05) is 54.0 Å². The molecule has 0 N–H and O–H groups in total. The van der Waals surface area contributed by atoms with Crippen LogP contribution in [0, 0.1) is 6.92 Å². The topological polar surface area (TPSA) is 0 Å². The van der Waals surface area contributed by atoms with Crippen molar-refractivity contribution in [3.8, 4) is 0 Å². The van der Waals surface area contributed by atoms with Crippen LogP contribution in [0.4, 0.5) is 0 Å². The molecule has 0 amide bonds. The van der Waals surface area contributed by atoms with Gasteiger partial charge in [-0.15, -0.1) is 11.6 Å². The molecule has 0 bridgehead atoms. The van der Waals surface area contributed by atoms with E-state index in [1.54, 1.807) is 0 Å². The Hall–Kier alpha value is -0.790. The van der Waals surface area contributed by atoms with Gasteiger partial charge in [0.05, 0.1) is 5.38 Å². The SMILES string of the molecule is CCc1ccc(C(Cl)c2cc(Br)ccc2C)cc1CC. The third-order valence-electron chi connectivity index (χ3n) is 3.80. The maximum Gasteiger partial charge on any atom is 0.0838 e. The highest BCUT2D eigenvalue weighted by Gasteiger charge is 2.15. The fourth-order valence-corrected chi connectivity index (χ4v) is 3.29. The summed E-state index contributed by atoms with van der Waals surface area (Å²) in [6.07, 6.45) is 2.13. The summed E-state index contributed by atoms with van der Waals surface area (Å²) in [5.41, 5.74) is 6.41. The third kappa shape index (κ3) is 3.27. The summed E-state index contributed by atoms with van der Waals surface area (Å²) in [5.74, 6) is 0. The molecular weight excluding hydrogens is 332 g/mol. The summed E-state index contributed by atoms with van der Waals surface area (Å²) in [6, 6.07) is 12.9. The molecule has 0 aromatic heterocycles. The molecule has 0 aliphatic carbocycles. The van der Waals surface area contributed by atoms with Crippen molar-refractivity contribution < 1.29 is 0 Å². The summed E-state index contributed by atoms with van der Waals surface area (Å²) in [6.45, 7) is 6.51. The van der Waals surface area contributed by atoms with Gasteiger partial charge in [0, 0.05) is 4.47 Å². The maximum absolute atomic E-state index is 6.71. The van der Waals surface area contributed by atoms with Gasteiger partial charge < -0.3 is 0 Å². The molecule has 0 aliphatic rings. The minimum Gasteiger partial charge on any atom is -0.113 e. The van der Waals surface area contributed by atoms with Crippen molar-refractivity contribution in [1.29, 1.82) is 0 Å². The van der Waals surface area contributed by atoms with Gasteiger partial charge in [0.25, 0.3) is 0 Å². The molecule has 0 aliphatic heterocycles. The van der Waals surface area contributed by atoms with Crippen LogP contribution in [-0.2, 0) is 12.8 Å². The number of aryl methyl sites for hydroxylation is 3. The number of halogens is 2. The molecule has 20 heavy (non-hydrogen) atoms. The molecule has 0 saturated carbocycles. The standard InChI is InChI=1S/C18H20BrCl/c1-4-13-7-8-15(10-14(13)5-2)18(20)17-11-16(19)9-6-12(17)3/h6-11,18H,4-5H2,1-3H3. The smallest absolute Gasteiger partial charge is 0.0838 e. The van der Waals surface area contributed by atoms with Crippen LogP contribution in [0.25, 0.3) is 0 Å². The summed E-state index contributed by atoms with van der Waals surface area (Å²) in [7, 11) is 0. The first-order chi connectivity index (χ1) is 9.56. The molecule has 0 radical (unpaired) electrons. The average molecular weight is 352 g/mol. The Morgan fingerprint density at radius 1 is 1.00 bits per heavy atom. The summed E-state index contributed by atoms with van der Waals surface area (Å²) in [5, 5.41) is -0.0938. The van der Waals surface area contributed by atoms with Gasteiger partial charge in [-0.2, -0.15) is 0 Å². The maximum atomic E-state index is 6.71. The van der Waals surface area contributed by atoms with Crippen molar-refractivity contribution >= 4 is 27.5 Å². The Morgan fingerprint density at radius 2 is 1.70 bits per heavy atom. The van der Waals surface area contributed by atoms with E-state index >= 15 is 0 Å². The fourth-order valence-electron chi connectivity index (χ4n) is 2.54. The molecule has 1 unspecified atom stereocenters. The largest absolute Gasteiger partial charge is 0.113 e. The quantitative estimate of drug-likeness (QED) is 0.574. The van der Waals surface area contributed by atoms with E-state index < -0.39 is 0 Å². The van der Waals surface area contributed by atoms with Crippen LogP contribution in [0.3, 0.4) is 0 Å². The van der Waals surface area contributed by atoms with Crippen LogP contribution < -0.4 is 0 Å². The third-order valence-corrected chi connectivity index (χ3v) is 4.78. The van der Waals surface area contributed by atoms with Crippen LogP contribution in [0.1, 0.15) is 47.0 Å². The zero-order valence-electron chi connectivity index (χ0n) is 12.2. The van der Waals surface area contributed by atoms with E-state index in [2.05, 4.69) is 73.1 Å². The Kier molecular flexibility index (Phi) is 5.29. The van der Waals surface area contributed by atoms with Crippen molar-refractivity contribution in [3.05, 3.63) is 68.7 Å². The first-order valence-corrected chi connectivity index (χ1v) is 8.31. The van der Waals surface area contributed by atoms with Crippen LogP contribution >= 0.6 is 27.5 Å². The van der Waals surface area contributed by atoms with E-state index in [1.807, 2.05) is 0 Å². The second kappa shape index (κ2) is 6.78. The van der Waals surface area contributed by atoms with Crippen molar-refractivity contribution in [1.82, 2.24) is 0 Å². The second-order valence-electron chi connectivity index (χ2n) is 5.10. The number of benzene rings is 2. The van der Waals surface area contributed by atoms with Crippen LogP contribution in [-0.4, -0.2) is 0 Å². The van der Waals surface area contributed by atoms with Crippen molar-refractivity contribution in [3.63, 3.8) is 0 Å². The highest BCUT2D eigenvalue weighted by molar-refractivity contribution is 9.10. The molecule has 2 aromatic rings. The van der Waals surface area contributed by atoms with Gasteiger partial charge in [-0.25, -0.2) is 0 Å². The lowest BCUT2D eigenvalue weighted by Gasteiger charge is -2.16. The number of alkyl halides is 1.